The van der Waals surface area contributed by atoms with E-state index in [9.17, 15) is 8.78 Å². The van der Waals surface area contributed by atoms with Crippen molar-refractivity contribution < 1.29 is 18.0 Å². The molecule has 3 aromatic rings. The van der Waals surface area contributed by atoms with Gasteiger partial charge in [-0.1, -0.05) is 17.3 Å². The second-order valence-corrected chi connectivity index (χ2v) is 5.59. The molecule has 0 amide bonds. The Morgan fingerprint density at radius 2 is 2.00 bits per heavy atom. The quantitative estimate of drug-likeness (QED) is 0.651. The largest absolute Gasteiger partial charge is 0.496 e. The molecule has 2 aromatic carbocycles. The minimum absolute atomic E-state index is 0.196. The minimum atomic E-state index is -0.492. The zero-order valence-corrected chi connectivity index (χ0v) is 12.9. The molecular weight excluding hydrogens is 322 g/mol. The summed E-state index contributed by atoms with van der Waals surface area (Å²) in [5.41, 5.74) is 0.701. The lowest BCUT2D eigenvalue weighted by Crippen LogP contribution is -1.89. The first-order chi connectivity index (χ1) is 11.2. The lowest BCUT2D eigenvalue weighted by molar-refractivity contribution is 0.390. The molecule has 118 valence electrons. The van der Waals surface area contributed by atoms with E-state index in [0.717, 1.165) is 30.0 Å². The highest BCUT2D eigenvalue weighted by Crippen LogP contribution is 2.29. The van der Waals surface area contributed by atoms with Gasteiger partial charge in [0.05, 0.1) is 18.4 Å². The van der Waals surface area contributed by atoms with E-state index in [2.05, 4.69) is 10.1 Å². The predicted molar refractivity (Wildman–Crippen MR) is 82.2 cm³/mol. The number of methoxy groups -OCH3 is 1. The molecule has 23 heavy (non-hydrogen) atoms. The lowest BCUT2D eigenvalue weighted by atomic mass is 10.2. The third kappa shape index (κ3) is 3.50. The number of thioether (sulfide) groups is 1. The summed E-state index contributed by atoms with van der Waals surface area (Å²) in [6, 6.07) is 10.6. The maximum absolute atomic E-state index is 13.6. The van der Waals surface area contributed by atoms with Gasteiger partial charge < -0.3 is 9.26 Å². The van der Waals surface area contributed by atoms with Crippen LogP contribution < -0.4 is 4.74 Å². The lowest BCUT2D eigenvalue weighted by Gasteiger charge is -2.03. The van der Waals surface area contributed by atoms with E-state index in [4.69, 9.17) is 9.26 Å². The predicted octanol–water partition coefficient (Wildman–Crippen LogP) is 4.32. The fourth-order valence-electron chi connectivity index (χ4n) is 1.98. The molecule has 0 unspecified atom stereocenters. The van der Waals surface area contributed by atoms with Gasteiger partial charge in [0.15, 0.2) is 0 Å². The fourth-order valence-corrected chi connectivity index (χ4v) is 2.78. The van der Waals surface area contributed by atoms with Crippen molar-refractivity contribution >= 4 is 11.8 Å². The van der Waals surface area contributed by atoms with Gasteiger partial charge in [0, 0.05) is 4.90 Å². The summed E-state index contributed by atoms with van der Waals surface area (Å²) in [6.45, 7) is 0. The molecule has 0 fully saturated rings. The molecular formula is C16H12F2N2O2S. The van der Waals surface area contributed by atoms with Crippen molar-refractivity contribution in [2.75, 3.05) is 7.11 Å². The number of aromatic nitrogens is 2. The molecule has 0 radical (unpaired) electrons. The summed E-state index contributed by atoms with van der Waals surface area (Å²) >= 11 is 1.09. The van der Waals surface area contributed by atoms with Crippen LogP contribution in [-0.4, -0.2) is 17.3 Å². The van der Waals surface area contributed by atoms with E-state index in [1.54, 1.807) is 13.2 Å². The SMILES string of the molecule is COc1ccccc1-c1noc(CSc2cc(F)ccc2F)n1. The van der Waals surface area contributed by atoms with Crippen LogP contribution in [0.2, 0.25) is 0 Å². The zero-order valence-electron chi connectivity index (χ0n) is 12.1. The first-order valence-corrected chi connectivity index (χ1v) is 7.70. The van der Waals surface area contributed by atoms with Crippen LogP contribution in [-0.2, 0) is 5.75 Å². The average molecular weight is 334 g/mol. The second kappa shape index (κ2) is 6.78. The number of hydrogen-bond acceptors (Lipinski definition) is 5. The molecule has 3 rings (SSSR count). The highest BCUT2D eigenvalue weighted by atomic mass is 32.2. The molecule has 0 atom stereocenters. The molecule has 1 heterocycles. The Kier molecular flexibility index (Phi) is 4.57. The number of benzene rings is 2. The number of ether oxygens (including phenoxy) is 1. The fraction of sp³-hybridized carbons (Fsp3) is 0.125. The number of para-hydroxylation sites is 1. The summed E-state index contributed by atoms with van der Waals surface area (Å²) in [6.07, 6.45) is 0. The van der Waals surface area contributed by atoms with Gasteiger partial charge in [-0.3, -0.25) is 0 Å². The molecule has 0 spiro atoms. The van der Waals surface area contributed by atoms with Crippen LogP contribution in [0.4, 0.5) is 8.78 Å². The van der Waals surface area contributed by atoms with E-state index in [1.165, 1.54) is 0 Å². The number of nitrogens with zero attached hydrogens (tertiary/aromatic N) is 2. The molecule has 0 N–H and O–H groups in total. The Hall–Kier alpha value is -2.41. The van der Waals surface area contributed by atoms with Gasteiger partial charge in [-0.2, -0.15) is 4.98 Å². The Bertz CT molecular complexity index is 823. The third-order valence-corrected chi connectivity index (χ3v) is 4.08. The smallest absolute Gasteiger partial charge is 0.237 e. The standard InChI is InChI=1S/C16H12F2N2O2S/c1-21-13-5-3-2-4-11(13)16-19-15(22-20-16)9-23-14-8-10(17)6-7-12(14)18/h2-8H,9H2,1H3. The Morgan fingerprint density at radius 1 is 1.17 bits per heavy atom. The van der Waals surface area contributed by atoms with Gasteiger partial charge in [0.25, 0.3) is 0 Å². The molecule has 0 bridgehead atoms. The molecule has 0 aliphatic heterocycles. The summed E-state index contributed by atoms with van der Waals surface area (Å²) in [4.78, 5) is 4.46. The Balaban J connectivity index is 1.76. The monoisotopic (exact) mass is 334 g/mol. The van der Waals surface area contributed by atoms with E-state index in [1.807, 2.05) is 18.2 Å². The van der Waals surface area contributed by atoms with Crippen molar-refractivity contribution in [2.24, 2.45) is 0 Å². The minimum Gasteiger partial charge on any atom is -0.496 e. The zero-order chi connectivity index (χ0) is 16.2. The molecule has 7 heteroatoms. The van der Waals surface area contributed by atoms with Crippen molar-refractivity contribution in [2.45, 2.75) is 10.6 Å². The second-order valence-electron chi connectivity index (χ2n) is 4.58. The molecule has 1 aromatic heterocycles. The number of halogens is 2. The van der Waals surface area contributed by atoms with Gasteiger partial charge in [-0.25, -0.2) is 8.78 Å². The topological polar surface area (TPSA) is 48.2 Å². The maximum atomic E-state index is 13.6. The highest BCUT2D eigenvalue weighted by Gasteiger charge is 2.14. The maximum Gasteiger partial charge on any atom is 0.237 e. The first kappa shape index (κ1) is 15.5. The van der Waals surface area contributed by atoms with E-state index in [0.29, 0.717) is 23.0 Å². The highest BCUT2D eigenvalue weighted by molar-refractivity contribution is 7.98. The number of rotatable bonds is 5. The van der Waals surface area contributed by atoms with Gasteiger partial charge in [0.1, 0.15) is 17.4 Å². The summed E-state index contributed by atoms with van der Waals surface area (Å²) < 4.78 is 37.1. The average Bonchev–Trinajstić information content (AvgIpc) is 3.04. The third-order valence-electron chi connectivity index (χ3n) is 3.06. The Morgan fingerprint density at radius 3 is 2.83 bits per heavy atom. The normalized spacial score (nSPS) is 10.7. The van der Waals surface area contributed by atoms with E-state index in [-0.39, 0.29) is 10.6 Å². The van der Waals surface area contributed by atoms with Gasteiger partial charge >= 0.3 is 0 Å². The summed E-state index contributed by atoms with van der Waals surface area (Å²) in [5.74, 6) is 0.596. The molecule has 4 nitrogen and oxygen atoms in total. The molecule has 0 aliphatic carbocycles. The van der Waals surface area contributed by atoms with E-state index >= 15 is 0 Å². The number of hydrogen-bond donors (Lipinski definition) is 0. The Labute approximate surface area is 135 Å². The van der Waals surface area contributed by atoms with Crippen LogP contribution in [0.1, 0.15) is 5.89 Å². The van der Waals surface area contributed by atoms with Crippen molar-refractivity contribution in [1.29, 1.82) is 0 Å². The molecule has 0 saturated carbocycles. The van der Waals surface area contributed by atoms with Gasteiger partial charge in [-0.15, -0.1) is 11.8 Å². The van der Waals surface area contributed by atoms with Gasteiger partial charge in [0.2, 0.25) is 11.7 Å². The van der Waals surface area contributed by atoms with Crippen LogP contribution in [0.3, 0.4) is 0 Å². The van der Waals surface area contributed by atoms with Crippen LogP contribution in [0.25, 0.3) is 11.4 Å². The van der Waals surface area contributed by atoms with Crippen molar-refractivity contribution in [3.63, 3.8) is 0 Å². The van der Waals surface area contributed by atoms with Crippen LogP contribution >= 0.6 is 11.8 Å². The van der Waals surface area contributed by atoms with Crippen molar-refractivity contribution in [1.82, 2.24) is 10.1 Å². The van der Waals surface area contributed by atoms with Crippen LogP contribution in [0.5, 0.6) is 5.75 Å². The molecule has 0 saturated heterocycles. The van der Waals surface area contributed by atoms with Crippen LogP contribution in [0, 0.1) is 11.6 Å². The summed E-state index contributed by atoms with van der Waals surface area (Å²) in [7, 11) is 1.56. The van der Waals surface area contributed by atoms with Crippen LogP contribution in [0.15, 0.2) is 51.9 Å². The van der Waals surface area contributed by atoms with E-state index < -0.39 is 11.6 Å². The first-order valence-electron chi connectivity index (χ1n) is 6.71. The van der Waals surface area contributed by atoms with Crippen molar-refractivity contribution in [3.8, 4) is 17.1 Å². The molecule has 0 aliphatic rings. The summed E-state index contributed by atoms with van der Waals surface area (Å²) in [5, 5.41) is 3.90. The van der Waals surface area contributed by atoms with Gasteiger partial charge in [-0.05, 0) is 30.3 Å². The van der Waals surface area contributed by atoms with Crippen molar-refractivity contribution in [3.05, 3.63) is 60.0 Å².